The summed E-state index contributed by atoms with van der Waals surface area (Å²) in [5.41, 5.74) is 15.7. The van der Waals surface area contributed by atoms with Crippen molar-refractivity contribution in [3.63, 3.8) is 0 Å². The lowest BCUT2D eigenvalue weighted by Gasteiger charge is -2.26. The molecule has 61 heavy (non-hydrogen) atoms. The van der Waals surface area contributed by atoms with Crippen LogP contribution in [0.15, 0.2) is 235 Å². The van der Waals surface area contributed by atoms with Gasteiger partial charge in [0.05, 0.1) is 11.0 Å². The van der Waals surface area contributed by atoms with Gasteiger partial charge in [-0.05, 0) is 118 Å². The highest BCUT2D eigenvalue weighted by molar-refractivity contribution is 6.15. The van der Waals surface area contributed by atoms with Gasteiger partial charge in [0, 0.05) is 49.7 Å². The first-order valence-electron chi connectivity index (χ1n) is 20.8. The van der Waals surface area contributed by atoms with E-state index in [0.717, 1.165) is 66.8 Å². The highest BCUT2D eigenvalue weighted by Gasteiger charge is 2.17. The van der Waals surface area contributed by atoms with Crippen LogP contribution in [0, 0.1) is 0 Å². The Balaban J connectivity index is 0.909. The highest BCUT2D eigenvalue weighted by atomic mass is 16.3. The second-order valence-corrected chi connectivity index (χ2v) is 15.7. The Bertz CT molecular complexity index is 3510. The fraction of sp³-hybridized carbons (Fsp3) is 0. The molecule has 0 aliphatic heterocycles. The first-order chi connectivity index (χ1) is 30.2. The van der Waals surface area contributed by atoms with Crippen LogP contribution in [-0.4, -0.2) is 4.57 Å². The van der Waals surface area contributed by atoms with Gasteiger partial charge in [-0.3, -0.25) is 0 Å². The smallest absolute Gasteiger partial charge is 0.143 e. The second kappa shape index (κ2) is 14.3. The first kappa shape index (κ1) is 34.9. The summed E-state index contributed by atoms with van der Waals surface area (Å²) in [6.07, 6.45) is 0. The number of rotatable bonds is 7. The molecular weight excluding hydrogens is 741 g/mol. The van der Waals surface area contributed by atoms with Crippen molar-refractivity contribution in [2.75, 3.05) is 4.90 Å². The fourth-order valence-corrected chi connectivity index (χ4v) is 9.20. The van der Waals surface area contributed by atoms with Crippen molar-refractivity contribution in [1.29, 1.82) is 0 Å². The van der Waals surface area contributed by atoms with Crippen LogP contribution in [0.4, 0.5) is 17.1 Å². The van der Waals surface area contributed by atoms with Gasteiger partial charge < -0.3 is 13.9 Å². The van der Waals surface area contributed by atoms with Crippen molar-refractivity contribution in [3.8, 4) is 39.1 Å². The van der Waals surface area contributed by atoms with Crippen LogP contribution < -0.4 is 4.90 Å². The molecule has 2 aromatic heterocycles. The van der Waals surface area contributed by atoms with Gasteiger partial charge in [0.25, 0.3) is 0 Å². The van der Waals surface area contributed by atoms with Gasteiger partial charge in [-0.25, -0.2) is 0 Å². The fourth-order valence-electron chi connectivity index (χ4n) is 9.20. The van der Waals surface area contributed by atoms with Crippen molar-refractivity contribution >= 4 is 71.6 Å². The molecular formula is C58H38N2O. The molecule has 3 heteroatoms. The predicted octanol–water partition coefficient (Wildman–Crippen LogP) is 16.3. The van der Waals surface area contributed by atoms with Crippen LogP contribution >= 0.6 is 0 Å². The minimum atomic E-state index is 0.902. The van der Waals surface area contributed by atoms with E-state index < -0.39 is 0 Å². The van der Waals surface area contributed by atoms with Crippen molar-refractivity contribution in [1.82, 2.24) is 4.57 Å². The van der Waals surface area contributed by atoms with Gasteiger partial charge in [-0.15, -0.1) is 0 Å². The number of fused-ring (bicyclic) bond motifs is 8. The van der Waals surface area contributed by atoms with E-state index in [9.17, 15) is 0 Å². The Morgan fingerprint density at radius 2 is 0.803 bits per heavy atom. The number of hydrogen-bond acceptors (Lipinski definition) is 2. The van der Waals surface area contributed by atoms with Crippen LogP contribution in [0.3, 0.4) is 0 Å². The van der Waals surface area contributed by atoms with E-state index in [4.69, 9.17) is 4.42 Å². The van der Waals surface area contributed by atoms with E-state index >= 15 is 0 Å². The molecule has 2 heterocycles. The summed E-state index contributed by atoms with van der Waals surface area (Å²) in [7, 11) is 0. The molecule has 0 aliphatic carbocycles. The molecule has 12 aromatic rings. The summed E-state index contributed by atoms with van der Waals surface area (Å²) in [4.78, 5) is 2.34. The minimum Gasteiger partial charge on any atom is -0.455 e. The van der Waals surface area contributed by atoms with E-state index in [1.807, 2.05) is 0 Å². The summed E-state index contributed by atoms with van der Waals surface area (Å²) in [6.45, 7) is 0. The molecule has 286 valence electrons. The lowest BCUT2D eigenvalue weighted by molar-refractivity contribution is 0.672. The van der Waals surface area contributed by atoms with Gasteiger partial charge in [0.2, 0.25) is 0 Å². The molecule has 0 bridgehead atoms. The van der Waals surface area contributed by atoms with Gasteiger partial charge in [0.1, 0.15) is 11.2 Å². The van der Waals surface area contributed by atoms with E-state index in [-0.39, 0.29) is 0 Å². The van der Waals surface area contributed by atoms with E-state index in [2.05, 4.69) is 240 Å². The zero-order chi connectivity index (χ0) is 40.3. The number of aromatic nitrogens is 1. The lowest BCUT2D eigenvalue weighted by atomic mass is 10.0. The van der Waals surface area contributed by atoms with Crippen LogP contribution in [0.2, 0.25) is 0 Å². The largest absolute Gasteiger partial charge is 0.455 e. The molecule has 0 saturated carbocycles. The SMILES string of the molecule is c1ccc(-c2ccc(N(c3ccc(-c4cccc(-n5c6ccccc6c6ccccc65)c4)cc3)c3ccc(-c4ccc5oc6c7ccccc7ccc6c5c4)cc3)cc2)cc1. The summed E-state index contributed by atoms with van der Waals surface area (Å²) in [5.74, 6) is 0. The third kappa shape index (κ3) is 5.98. The Morgan fingerprint density at radius 1 is 0.311 bits per heavy atom. The predicted molar refractivity (Wildman–Crippen MR) is 257 cm³/mol. The van der Waals surface area contributed by atoms with Gasteiger partial charge in [-0.2, -0.15) is 0 Å². The number of benzene rings is 10. The topological polar surface area (TPSA) is 21.3 Å². The standard InChI is InChI=1S/C58H38N2O/c1-2-11-39(12-3-1)40-21-29-46(30-22-40)59(48-33-25-42(26-34-48)45-28-36-57-54(38-45)53-35-27-43-13-4-5-16-50(43)58(53)61-57)47-31-23-41(24-32-47)44-14-10-15-49(37-44)60-55-19-8-6-17-51(55)52-18-7-9-20-56(52)60/h1-38H. The van der Waals surface area contributed by atoms with Crippen molar-refractivity contribution in [2.45, 2.75) is 0 Å². The molecule has 0 unspecified atom stereocenters. The van der Waals surface area contributed by atoms with E-state index in [0.29, 0.717) is 0 Å². The molecule has 0 saturated heterocycles. The normalized spacial score (nSPS) is 11.6. The lowest BCUT2D eigenvalue weighted by Crippen LogP contribution is -2.09. The monoisotopic (exact) mass is 778 g/mol. The number of para-hydroxylation sites is 2. The molecule has 0 radical (unpaired) electrons. The Labute approximate surface area is 353 Å². The Kier molecular flexibility index (Phi) is 8.17. The van der Waals surface area contributed by atoms with Gasteiger partial charge >= 0.3 is 0 Å². The Hall–Kier alpha value is -8.14. The highest BCUT2D eigenvalue weighted by Crippen LogP contribution is 2.40. The van der Waals surface area contributed by atoms with Crippen molar-refractivity contribution in [3.05, 3.63) is 231 Å². The second-order valence-electron chi connectivity index (χ2n) is 15.7. The van der Waals surface area contributed by atoms with Crippen molar-refractivity contribution in [2.24, 2.45) is 0 Å². The van der Waals surface area contributed by atoms with E-state index in [1.165, 1.54) is 43.9 Å². The maximum atomic E-state index is 6.42. The minimum absolute atomic E-state index is 0.902. The third-order valence-corrected chi connectivity index (χ3v) is 12.2. The zero-order valence-corrected chi connectivity index (χ0v) is 33.2. The average molecular weight is 779 g/mol. The van der Waals surface area contributed by atoms with Crippen LogP contribution in [-0.2, 0) is 0 Å². The summed E-state index contributed by atoms with van der Waals surface area (Å²) >= 11 is 0. The van der Waals surface area contributed by atoms with Crippen LogP contribution in [0.5, 0.6) is 0 Å². The van der Waals surface area contributed by atoms with Crippen LogP contribution in [0.1, 0.15) is 0 Å². The summed E-state index contributed by atoms with van der Waals surface area (Å²) in [5, 5.41) is 7.12. The molecule has 0 spiro atoms. The molecule has 0 amide bonds. The zero-order valence-electron chi connectivity index (χ0n) is 33.2. The molecule has 12 rings (SSSR count). The molecule has 0 aliphatic rings. The molecule has 3 nitrogen and oxygen atoms in total. The maximum absolute atomic E-state index is 6.42. The summed E-state index contributed by atoms with van der Waals surface area (Å²) < 4.78 is 8.80. The molecule has 0 N–H and O–H groups in total. The van der Waals surface area contributed by atoms with Crippen molar-refractivity contribution < 1.29 is 4.42 Å². The quantitative estimate of drug-likeness (QED) is 0.161. The number of furan rings is 1. The number of hydrogen-bond donors (Lipinski definition) is 0. The molecule has 0 atom stereocenters. The summed E-state index contributed by atoms with van der Waals surface area (Å²) in [6, 6.07) is 82.9. The third-order valence-electron chi connectivity index (χ3n) is 12.2. The van der Waals surface area contributed by atoms with Crippen LogP contribution in [0.25, 0.3) is 93.6 Å². The number of nitrogens with zero attached hydrogens (tertiary/aromatic N) is 2. The van der Waals surface area contributed by atoms with Gasteiger partial charge in [-0.1, -0.05) is 152 Å². The number of anilines is 3. The molecule has 0 fully saturated rings. The average Bonchev–Trinajstić information content (AvgIpc) is 3.89. The molecule has 10 aromatic carbocycles. The Morgan fingerprint density at radius 3 is 1.44 bits per heavy atom. The first-order valence-corrected chi connectivity index (χ1v) is 20.8. The maximum Gasteiger partial charge on any atom is 0.143 e. The van der Waals surface area contributed by atoms with E-state index in [1.54, 1.807) is 0 Å². The van der Waals surface area contributed by atoms with Gasteiger partial charge in [0.15, 0.2) is 0 Å².